The molecule has 104 valence electrons. The Morgan fingerprint density at radius 1 is 0.900 bits per heavy atom. The van der Waals surface area contributed by atoms with E-state index in [1.54, 1.807) is 0 Å². The highest BCUT2D eigenvalue weighted by molar-refractivity contribution is 9.11. The van der Waals surface area contributed by atoms with E-state index in [1.807, 2.05) is 6.07 Å². The first-order valence-corrected chi connectivity index (χ1v) is 8.41. The van der Waals surface area contributed by atoms with E-state index < -0.39 is 0 Å². The van der Waals surface area contributed by atoms with E-state index in [0.717, 1.165) is 15.4 Å². The fourth-order valence-corrected chi connectivity index (χ4v) is 4.18. The van der Waals surface area contributed by atoms with Crippen LogP contribution in [0.4, 0.5) is 0 Å². The zero-order valence-corrected chi connectivity index (χ0v) is 14.4. The number of aliphatic hydroxyl groups is 1. The first kappa shape index (κ1) is 14.3. The highest BCUT2D eigenvalue weighted by Crippen LogP contribution is 2.55. The lowest BCUT2D eigenvalue weighted by Crippen LogP contribution is -1.87. The Hall–Kier alpha value is -0.640. The van der Waals surface area contributed by atoms with Gasteiger partial charge in [-0.2, -0.15) is 0 Å². The first-order valence-electron chi connectivity index (χ1n) is 6.83. The summed E-state index contributed by atoms with van der Waals surface area (Å²) in [5.41, 5.74) is 3.75. The summed E-state index contributed by atoms with van der Waals surface area (Å²) in [6.07, 6.45) is 0.777. The average Bonchev–Trinajstić information content (AvgIpc) is 3.09. The molecule has 0 amide bonds. The normalized spacial score (nSPS) is 24.7. The summed E-state index contributed by atoms with van der Waals surface area (Å²) in [5, 5.41) is 10.3. The average molecular weight is 396 g/mol. The van der Waals surface area contributed by atoms with Crippen molar-refractivity contribution in [3.63, 3.8) is 0 Å². The van der Waals surface area contributed by atoms with Crippen molar-refractivity contribution in [2.24, 2.45) is 0 Å². The molecule has 0 heterocycles. The summed E-state index contributed by atoms with van der Waals surface area (Å²) in [7, 11) is 0. The van der Waals surface area contributed by atoms with Crippen LogP contribution >= 0.6 is 31.9 Å². The highest BCUT2D eigenvalue weighted by Gasteiger charge is 2.50. The van der Waals surface area contributed by atoms with Gasteiger partial charge < -0.3 is 5.11 Å². The number of aliphatic hydroxyl groups excluding tert-OH is 1. The van der Waals surface area contributed by atoms with Crippen molar-refractivity contribution in [1.82, 2.24) is 0 Å². The van der Waals surface area contributed by atoms with E-state index in [0.29, 0.717) is 0 Å². The predicted octanol–water partition coefficient (Wildman–Crippen LogP) is 5.02. The molecule has 3 atom stereocenters. The van der Waals surface area contributed by atoms with E-state index in [2.05, 4.69) is 75.2 Å². The fourth-order valence-electron chi connectivity index (χ4n) is 2.85. The third kappa shape index (κ3) is 2.72. The van der Waals surface area contributed by atoms with Gasteiger partial charge in [-0.3, -0.25) is 0 Å². The molecule has 0 aromatic heterocycles. The Morgan fingerprint density at radius 2 is 1.45 bits per heavy atom. The predicted molar refractivity (Wildman–Crippen MR) is 89.2 cm³/mol. The second-order valence-electron chi connectivity index (χ2n) is 5.34. The summed E-state index contributed by atoms with van der Waals surface area (Å²) in [5.74, 6) is 0.429. The molecule has 0 spiro atoms. The highest BCUT2D eigenvalue weighted by atomic mass is 79.9. The van der Waals surface area contributed by atoms with Gasteiger partial charge in [0.15, 0.2) is 0 Å². The van der Waals surface area contributed by atoms with Gasteiger partial charge in [-0.15, -0.1) is 0 Å². The smallest absolute Gasteiger partial charge is 0.0690 e. The first-order chi connectivity index (χ1) is 9.60. The van der Waals surface area contributed by atoms with Gasteiger partial charge in [0.2, 0.25) is 0 Å². The van der Waals surface area contributed by atoms with Crippen molar-refractivity contribution in [2.75, 3.05) is 0 Å². The maximum atomic E-state index is 10.3. The molecular weight excluding hydrogens is 380 g/mol. The third-order valence-corrected chi connectivity index (χ3v) is 4.94. The van der Waals surface area contributed by atoms with Crippen LogP contribution in [0.1, 0.15) is 35.4 Å². The van der Waals surface area contributed by atoms with Crippen LogP contribution in [0.25, 0.3) is 0 Å². The van der Waals surface area contributed by atoms with Crippen LogP contribution in [0.2, 0.25) is 0 Å². The number of aryl methyl sites for hydroxylation is 1. The molecule has 3 rings (SSSR count). The van der Waals surface area contributed by atoms with Gasteiger partial charge in [0.1, 0.15) is 0 Å². The molecule has 0 radical (unpaired) electrons. The topological polar surface area (TPSA) is 20.2 Å². The molecule has 1 fully saturated rings. The minimum atomic E-state index is -0.274. The fraction of sp³-hybridized carbons (Fsp3) is 0.294. The van der Waals surface area contributed by atoms with Crippen LogP contribution < -0.4 is 0 Å². The molecule has 1 N–H and O–H groups in total. The van der Waals surface area contributed by atoms with Gasteiger partial charge in [-0.05, 0) is 41.3 Å². The molecule has 3 unspecified atom stereocenters. The van der Waals surface area contributed by atoms with Gasteiger partial charge in [0.25, 0.3) is 0 Å². The molecule has 1 aliphatic rings. The molecule has 2 aromatic rings. The van der Waals surface area contributed by atoms with Crippen molar-refractivity contribution < 1.29 is 5.11 Å². The van der Waals surface area contributed by atoms with E-state index in [-0.39, 0.29) is 17.9 Å². The molecule has 0 bridgehead atoms. The van der Waals surface area contributed by atoms with Crippen LogP contribution in [0.15, 0.2) is 51.4 Å². The molecule has 2 aromatic carbocycles. The summed E-state index contributed by atoms with van der Waals surface area (Å²) in [6.45, 7) is 2.16. The zero-order chi connectivity index (χ0) is 14.3. The summed E-state index contributed by atoms with van der Waals surface area (Å²) >= 11 is 7.02. The Labute approximate surface area is 136 Å². The largest absolute Gasteiger partial charge is 0.392 e. The summed E-state index contributed by atoms with van der Waals surface area (Å²) < 4.78 is 2.09. The van der Waals surface area contributed by atoms with Crippen LogP contribution in [-0.4, -0.2) is 11.2 Å². The molecule has 3 heteroatoms. The third-order valence-electron chi connectivity index (χ3n) is 4.02. The van der Waals surface area contributed by atoms with Crippen molar-refractivity contribution in [2.45, 2.75) is 31.3 Å². The lowest BCUT2D eigenvalue weighted by atomic mass is 10.0. The molecule has 1 saturated carbocycles. The molecule has 0 saturated heterocycles. The SMILES string of the molecule is CCc1ccc(C2C(O)C2c2cc(Br)cc(Br)c2)cc1. The van der Waals surface area contributed by atoms with Crippen molar-refractivity contribution in [3.05, 3.63) is 68.1 Å². The van der Waals surface area contributed by atoms with E-state index in [4.69, 9.17) is 0 Å². The number of rotatable bonds is 3. The summed E-state index contributed by atoms with van der Waals surface area (Å²) in [6, 6.07) is 14.8. The van der Waals surface area contributed by atoms with E-state index in [1.165, 1.54) is 16.7 Å². The van der Waals surface area contributed by atoms with Crippen molar-refractivity contribution in [1.29, 1.82) is 0 Å². The number of hydrogen-bond acceptors (Lipinski definition) is 1. The van der Waals surface area contributed by atoms with Gasteiger partial charge in [-0.1, -0.05) is 63.0 Å². The lowest BCUT2D eigenvalue weighted by molar-refractivity contribution is 0.265. The number of halogens is 2. The molecular formula is C17H16Br2O. The van der Waals surface area contributed by atoms with Crippen LogP contribution in [0, 0.1) is 0 Å². The Morgan fingerprint density at radius 3 is 2.00 bits per heavy atom. The quantitative estimate of drug-likeness (QED) is 0.773. The molecule has 20 heavy (non-hydrogen) atoms. The van der Waals surface area contributed by atoms with Gasteiger partial charge in [0, 0.05) is 20.8 Å². The second-order valence-corrected chi connectivity index (χ2v) is 7.17. The van der Waals surface area contributed by atoms with Crippen molar-refractivity contribution >= 4 is 31.9 Å². The maximum Gasteiger partial charge on any atom is 0.0690 e. The van der Waals surface area contributed by atoms with Crippen LogP contribution in [0.3, 0.4) is 0 Å². The van der Waals surface area contributed by atoms with Gasteiger partial charge >= 0.3 is 0 Å². The molecule has 1 aliphatic carbocycles. The van der Waals surface area contributed by atoms with E-state index >= 15 is 0 Å². The molecule has 0 aliphatic heterocycles. The molecule has 1 nitrogen and oxygen atoms in total. The van der Waals surface area contributed by atoms with Crippen LogP contribution in [-0.2, 0) is 6.42 Å². The minimum Gasteiger partial charge on any atom is -0.392 e. The lowest BCUT2D eigenvalue weighted by Gasteiger charge is -2.04. The minimum absolute atomic E-state index is 0.205. The Balaban J connectivity index is 1.86. The van der Waals surface area contributed by atoms with Gasteiger partial charge in [0.05, 0.1) is 6.10 Å². The van der Waals surface area contributed by atoms with Gasteiger partial charge in [-0.25, -0.2) is 0 Å². The second kappa shape index (κ2) is 5.63. The standard InChI is InChI=1S/C17H16Br2O/c1-2-10-3-5-11(6-4-10)15-16(17(15)20)12-7-13(18)9-14(19)8-12/h3-9,15-17,20H,2H2,1H3. The Bertz CT molecular complexity index is 601. The number of hydrogen-bond donors (Lipinski definition) is 1. The zero-order valence-electron chi connectivity index (χ0n) is 11.2. The van der Waals surface area contributed by atoms with Crippen LogP contribution in [0.5, 0.6) is 0 Å². The maximum absolute atomic E-state index is 10.3. The monoisotopic (exact) mass is 394 g/mol. The Kier molecular flexibility index (Phi) is 4.02. The summed E-state index contributed by atoms with van der Waals surface area (Å²) in [4.78, 5) is 0. The number of benzene rings is 2. The van der Waals surface area contributed by atoms with Crippen molar-refractivity contribution in [3.8, 4) is 0 Å². The van der Waals surface area contributed by atoms with E-state index in [9.17, 15) is 5.11 Å².